The van der Waals surface area contributed by atoms with Gasteiger partial charge < -0.3 is 35.4 Å². The average molecular weight is 838 g/mol. The molecule has 0 aliphatic carbocycles. The van der Waals surface area contributed by atoms with Gasteiger partial charge in [-0.25, -0.2) is 4.79 Å². The quantitative estimate of drug-likeness (QED) is 0.227. The van der Waals surface area contributed by atoms with Crippen LogP contribution in [0.1, 0.15) is 0 Å². The molecular weight excluding hydrogens is 789 g/mol. The van der Waals surface area contributed by atoms with Crippen molar-refractivity contribution in [2.45, 2.75) is 0 Å². The van der Waals surface area contributed by atoms with E-state index in [0.717, 1.165) is 0 Å². The number of benzene rings is 8. The summed E-state index contributed by atoms with van der Waals surface area (Å²) in [4.78, 5) is 9.96. The highest BCUT2D eigenvalue weighted by Crippen LogP contribution is 2.55. The predicted octanol–water partition coefficient (Wildman–Crippen LogP) is 2.17. The molecule has 0 aromatic heterocycles. The molecule has 0 bridgehead atoms. The van der Waals surface area contributed by atoms with Crippen molar-refractivity contribution >= 4 is 63.0 Å². The van der Waals surface area contributed by atoms with Crippen LogP contribution in [0.25, 0.3) is 0 Å². The third-order valence-electron chi connectivity index (χ3n) is 9.60. The molecule has 0 aliphatic heterocycles. The van der Waals surface area contributed by atoms with Crippen molar-refractivity contribution in [1.29, 1.82) is 0 Å². The first kappa shape index (κ1) is 45.2. The number of carbonyl (C=O) groups excluding carboxylic acids is 1. The molecule has 0 saturated heterocycles. The van der Waals surface area contributed by atoms with E-state index >= 15 is 0 Å². The van der Waals surface area contributed by atoms with Gasteiger partial charge in [0.25, 0.3) is 0 Å². The Bertz CT molecular complexity index is 1830. The van der Waals surface area contributed by atoms with Crippen LogP contribution in [0.2, 0.25) is 0 Å². The molecule has 0 radical (unpaired) electrons. The van der Waals surface area contributed by atoms with E-state index < -0.39 is 14.5 Å². The fraction of sp³-hybridized carbons (Fsp3) is 0.0392. The molecule has 0 aliphatic rings. The maximum atomic E-state index is 9.96. The van der Waals surface area contributed by atoms with Gasteiger partial charge in [-0.05, 0) is 97.1 Å². The second kappa shape index (κ2) is 23.0. The van der Waals surface area contributed by atoms with Gasteiger partial charge in [-0.15, -0.1) is 0 Å². The van der Waals surface area contributed by atoms with E-state index in [4.69, 9.17) is 0 Å². The number of halogens is 2. The highest BCUT2D eigenvalue weighted by atomic mass is 35.5. The molecule has 0 atom stereocenters. The van der Waals surface area contributed by atoms with Crippen LogP contribution in [0.15, 0.2) is 243 Å². The molecule has 8 aromatic rings. The lowest BCUT2D eigenvalue weighted by Crippen LogP contribution is -3.00. The largest absolute Gasteiger partial charge is 1.00 e. The minimum absolute atomic E-state index is 0. The molecule has 0 heterocycles. The van der Waals surface area contributed by atoms with Crippen LogP contribution in [0.3, 0.4) is 0 Å². The summed E-state index contributed by atoms with van der Waals surface area (Å²) >= 11 is 0. The van der Waals surface area contributed by atoms with Crippen LogP contribution in [0, 0.1) is 0 Å². The number of rotatable bonds is 8. The number of amides is 2. The molecule has 8 aromatic carbocycles. The normalized spacial score (nSPS) is 10.4. The van der Waals surface area contributed by atoms with Gasteiger partial charge in [-0.3, -0.25) is 0 Å². The zero-order chi connectivity index (χ0) is 38.9. The number of hydrogen-bond acceptors (Lipinski definition) is 1. The number of hydrogen-bond donors (Lipinski definition) is 2. The van der Waals surface area contributed by atoms with Gasteiger partial charge in [0, 0.05) is 14.1 Å². The van der Waals surface area contributed by atoms with E-state index in [9.17, 15) is 4.79 Å². The number of carbonyl (C=O) groups is 1. The molecular formula is C51H48Cl2N2OP2. The fourth-order valence-electron chi connectivity index (χ4n) is 7.13. The van der Waals surface area contributed by atoms with Crippen molar-refractivity contribution in [3.05, 3.63) is 243 Å². The second-order valence-corrected chi connectivity index (χ2v) is 19.7. The van der Waals surface area contributed by atoms with Crippen LogP contribution in [0.4, 0.5) is 4.79 Å². The van der Waals surface area contributed by atoms with Crippen LogP contribution >= 0.6 is 14.5 Å². The van der Waals surface area contributed by atoms with Crippen molar-refractivity contribution in [1.82, 2.24) is 10.6 Å². The van der Waals surface area contributed by atoms with E-state index in [1.165, 1.54) is 42.4 Å². The maximum Gasteiger partial charge on any atom is 0.314 e. The zero-order valence-corrected chi connectivity index (χ0v) is 36.0. The summed E-state index contributed by atoms with van der Waals surface area (Å²) in [6.45, 7) is 0. The van der Waals surface area contributed by atoms with Crippen LogP contribution in [-0.2, 0) is 0 Å². The summed E-state index contributed by atoms with van der Waals surface area (Å²) in [5.74, 6) is 0. The lowest BCUT2D eigenvalue weighted by Gasteiger charge is -2.27. The SMILES string of the molecule is CNC(=O)NC.[Cl-].[Cl-].c1ccc([P+](c2ccccc2)(c2ccccc2)c2ccccc2)cc1.c1ccc([P+](c2ccccc2)(c2ccccc2)c2ccccc2)cc1. The number of nitrogens with one attached hydrogen (secondary N) is 2. The molecule has 0 saturated carbocycles. The third kappa shape index (κ3) is 10.1. The van der Waals surface area contributed by atoms with Crippen molar-refractivity contribution in [2.24, 2.45) is 0 Å². The Labute approximate surface area is 358 Å². The van der Waals surface area contributed by atoms with Crippen molar-refractivity contribution in [2.75, 3.05) is 14.1 Å². The Balaban J connectivity index is 0.000000219. The molecule has 0 unspecified atom stereocenters. The highest BCUT2D eigenvalue weighted by molar-refractivity contribution is 8.02. The minimum Gasteiger partial charge on any atom is -1.00 e. The standard InChI is InChI=1S/2C24H20P.C3H8N2O.2ClH/c2*1-5-13-21(14-6-1)25(22-15-7-2-8-16-22,23-17-9-3-10-18-23)24-19-11-4-12-20-24;1-4-3(6)5-2;;/h2*1-20H;1-2H3,(H2,4,5,6);2*1H/q2*+1;;;/p-2. The first-order chi connectivity index (χ1) is 27.6. The second-order valence-electron chi connectivity index (χ2n) is 12.9. The fourth-order valence-corrected chi connectivity index (χ4v) is 15.7. The van der Waals surface area contributed by atoms with Gasteiger partial charge in [0.2, 0.25) is 0 Å². The maximum absolute atomic E-state index is 9.96. The first-order valence-corrected chi connectivity index (χ1v) is 22.4. The van der Waals surface area contributed by atoms with E-state index in [-0.39, 0.29) is 30.8 Å². The van der Waals surface area contributed by atoms with Crippen molar-refractivity contribution in [3.8, 4) is 0 Å². The first-order valence-electron chi connectivity index (χ1n) is 18.8. The summed E-state index contributed by atoms with van der Waals surface area (Å²) in [7, 11) is -0.675. The van der Waals surface area contributed by atoms with E-state index in [0.29, 0.717) is 0 Å². The average Bonchev–Trinajstić information content (AvgIpc) is 3.30. The van der Waals surface area contributed by atoms with Crippen LogP contribution in [0.5, 0.6) is 0 Å². The minimum atomic E-state index is -1.91. The van der Waals surface area contributed by atoms with Crippen molar-refractivity contribution < 1.29 is 29.6 Å². The third-order valence-corrected chi connectivity index (χ3v) is 18.2. The molecule has 58 heavy (non-hydrogen) atoms. The molecule has 7 heteroatoms. The Hall–Kier alpha value is -5.53. The molecule has 3 nitrogen and oxygen atoms in total. The topological polar surface area (TPSA) is 41.1 Å². The Morgan fingerprint density at radius 3 is 0.483 bits per heavy atom. The molecule has 0 fully saturated rings. The monoisotopic (exact) mass is 836 g/mol. The molecule has 2 amide bonds. The molecule has 0 spiro atoms. The molecule has 2 N–H and O–H groups in total. The summed E-state index contributed by atoms with van der Waals surface area (Å²) in [5.41, 5.74) is 0. The van der Waals surface area contributed by atoms with Crippen LogP contribution < -0.4 is 77.9 Å². The Morgan fingerprint density at radius 1 is 0.276 bits per heavy atom. The Morgan fingerprint density at radius 2 is 0.397 bits per heavy atom. The highest BCUT2D eigenvalue weighted by Gasteiger charge is 2.48. The predicted molar refractivity (Wildman–Crippen MR) is 246 cm³/mol. The lowest BCUT2D eigenvalue weighted by atomic mass is 10.3. The van der Waals surface area contributed by atoms with Gasteiger partial charge in [-0.2, -0.15) is 0 Å². The summed E-state index contributed by atoms with van der Waals surface area (Å²) in [5, 5.41) is 15.8. The van der Waals surface area contributed by atoms with Gasteiger partial charge >= 0.3 is 6.03 Å². The summed E-state index contributed by atoms with van der Waals surface area (Å²) in [6.07, 6.45) is 0. The van der Waals surface area contributed by atoms with E-state index in [1.807, 2.05) is 0 Å². The van der Waals surface area contributed by atoms with E-state index in [1.54, 1.807) is 14.1 Å². The molecule has 292 valence electrons. The summed E-state index contributed by atoms with van der Waals surface area (Å²) in [6, 6.07) is 87.5. The van der Waals surface area contributed by atoms with Crippen molar-refractivity contribution in [3.63, 3.8) is 0 Å². The van der Waals surface area contributed by atoms with Gasteiger partial charge in [0.15, 0.2) is 0 Å². The zero-order valence-electron chi connectivity index (χ0n) is 32.7. The number of urea groups is 1. The van der Waals surface area contributed by atoms with Gasteiger partial charge in [0.05, 0.1) is 0 Å². The summed E-state index contributed by atoms with van der Waals surface area (Å²) < 4.78 is 0. The van der Waals surface area contributed by atoms with E-state index in [2.05, 4.69) is 253 Å². The van der Waals surface area contributed by atoms with Gasteiger partial charge in [0.1, 0.15) is 57.0 Å². The lowest BCUT2D eigenvalue weighted by molar-refractivity contribution is -0.00100. The molecule has 8 rings (SSSR count). The van der Waals surface area contributed by atoms with Gasteiger partial charge in [-0.1, -0.05) is 146 Å². The van der Waals surface area contributed by atoms with Crippen LogP contribution in [-0.4, -0.2) is 20.1 Å². The Kier molecular flexibility index (Phi) is 17.9. The smallest absolute Gasteiger partial charge is 0.314 e.